The summed E-state index contributed by atoms with van der Waals surface area (Å²) in [5, 5.41) is 6.65. The molecular weight excluding hydrogens is 412 g/mol. The van der Waals surface area contributed by atoms with Crippen molar-refractivity contribution in [3.05, 3.63) is 105 Å². The molecule has 3 aromatic carbocycles. The normalized spacial score (nSPS) is 10.5. The Balaban J connectivity index is 1.55. The average molecular weight is 431 g/mol. The van der Waals surface area contributed by atoms with E-state index < -0.39 is 11.5 Å². The van der Waals surface area contributed by atoms with E-state index >= 15 is 0 Å². The van der Waals surface area contributed by atoms with Crippen LogP contribution >= 0.6 is 11.6 Å². The summed E-state index contributed by atoms with van der Waals surface area (Å²) >= 11 is 5.89. The van der Waals surface area contributed by atoms with Crippen LogP contribution in [0.15, 0.2) is 83.8 Å². The van der Waals surface area contributed by atoms with Crippen LogP contribution in [0, 0.1) is 6.92 Å². The standard InChI is InChI=1S/C24H19ClN4O2/c1-15-6-12-18(13-7-15)27-20-4-2-3-5-21(20)28-23(30)19-14-26-22(29-24(19)31)16-8-10-17(25)11-9-16/h2-14,27H,1H3,(H,28,30)(H,26,29,31). The SMILES string of the molecule is Cc1ccc(Nc2ccccc2NC(=O)c2cnc(-c3ccc(Cl)cc3)[nH]c2=O)cc1. The van der Waals surface area contributed by atoms with Crippen molar-refractivity contribution >= 4 is 34.6 Å². The second-order valence-corrected chi connectivity index (χ2v) is 7.41. The van der Waals surface area contributed by atoms with E-state index in [1.165, 1.54) is 6.20 Å². The van der Waals surface area contributed by atoms with Crippen molar-refractivity contribution in [2.75, 3.05) is 10.6 Å². The lowest BCUT2D eigenvalue weighted by Gasteiger charge is -2.13. The molecule has 0 atom stereocenters. The molecule has 6 nitrogen and oxygen atoms in total. The van der Waals surface area contributed by atoms with Gasteiger partial charge in [0.05, 0.1) is 11.4 Å². The van der Waals surface area contributed by atoms with E-state index in [-0.39, 0.29) is 5.56 Å². The highest BCUT2D eigenvalue weighted by Crippen LogP contribution is 2.26. The quantitative estimate of drug-likeness (QED) is 0.396. The molecule has 31 heavy (non-hydrogen) atoms. The second kappa shape index (κ2) is 8.85. The number of hydrogen-bond donors (Lipinski definition) is 3. The van der Waals surface area contributed by atoms with Crippen LogP contribution in [-0.4, -0.2) is 15.9 Å². The molecule has 1 heterocycles. The molecule has 0 aliphatic heterocycles. The fraction of sp³-hybridized carbons (Fsp3) is 0.0417. The maximum atomic E-state index is 12.8. The molecule has 0 aliphatic rings. The number of H-pyrrole nitrogens is 1. The lowest BCUT2D eigenvalue weighted by molar-refractivity contribution is 0.102. The van der Waals surface area contributed by atoms with Crippen LogP contribution in [0.4, 0.5) is 17.1 Å². The van der Waals surface area contributed by atoms with Crippen LogP contribution in [0.5, 0.6) is 0 Å². The third kappa shape index (κ3) is 4.82. The highest BCUT2D eigenvalue weighted by Gasteiger charge is 2.14. The molecule has 1 aromatic heterocycles. The number of amides is 1. The number of aromatic nitrogens is 2. The van der Waals surface area contributed by atoms with Crippen LogP contribution in [0.1, 0.15) is 15.9 Å². The van der Waals surface area contributed by atoms with E-state index in [9.17, 15) is 9.59 Å². The zero-order valence-electron chi connectivity index (χ0n) is 16.6. The predicted octanol–water partition coefficient (Wildman–Crippen LogP) is 5.39. The van der Waals surface area contributed by atoms with Gasteiger partial charge in [0, 0.05) is 22.5 Å². The summed E-state index contributed by atoms with van der Waals surface area (Å²) < 4.78 is 0. The van der Waals surface area contributed by atoms with Crippen LogP contribution in [0.2, 0.25) is 5.02 Å². The van der Waals surface area contributed by atoms with Gasteiger partial charge in [0.25, 0.3) is 11.5 Å². The molecule has 3 N–H and O–H groups in total. The minimum atomic E-state index is -0.547. The van der Waals surface area contributed by atoms with Crippen LogP contribution in [0.3, 0.4) is 0 Å². The Hall–Kier alpha value is -3.90. The summed E-state index contributed by atoms with van der Waals surface area (Å²) in [5.74, 6) is -0.186. The number of nitrogens with zero attached hydrogens (tertiary/aromatic N) is 1. The molecule has 4 rings (SSSR count). The van der Waals surface area contributed by atoms with Gasteiger partial charge in [0.2, 0.25) is 0 Å². The summed E-state index contributed by atoms with van der Waals surface area (Å²) in [6, 6.07) is 22.1. The van der Waals surface area contributed by atoms with Crippen molar-refractivity contribution in [2.24, 2.45) is 0 Å². The maximum Gasteiger partial charge on any atom is 0.264 e. The number of halogens is 1. The Labute approximate surface area is 183 Å². The van der Waals surface area contributed by atoms with Crippen molar-refractivity contribution in [3.63, 3.8) is 0 Å². The number of carbonyl (C=O) groups excluding carboxylic acids is 1. The van der Waals surface area contributed by atoms with E-state index in [1.807, 2.05) is 49.4 Å². The zero-order valence-corrected chi connectivity index (χ0v) is 17.4. The van der Waals surface area contributed by atoms with Gasteiger partial charge in [0.15, 0.2) is 0 Å². The van der Waals surface area contributed by atoms with Gasteiger partial charge in [-0.15, -0.1) is 0 Å². The third-order valence-electron chi connectivity index (χ3n) is 4.67. The highest BCUT2D eigenvalue weighted by atomic mass is 35.5. The van der Waals surface area contributed by atoms with E-state index in [2.05, 4.69) is 20.6 Å². The van der Waals surface area contributed by atoms with Crippen molar-refractivity contribution in [1.29, 1.82) is 0 Å². The molecule has 0 saturated heterocycles. The average Bonchev–Trinajstić information content (AvgIpc) is 2.77. The minimum absolute atomic E-state index is 0.0807. The summed E-state index contributed by atoms with van der Waals surface area (Å²) in [6.45, 7) is 2.02. The van der Waals surface area contributed by atoms with E-state index in [4.69, 9.17) is 11.6 Å². The first-order valence-electron chi connectivity index (χ1n) is 9.59. The van der Waals surface area contributed by atoms with Crippen LogP contribution in [-0.2, 0) is 0 Å². The minimum Gasteiger partial charge on any atom is -0.354 e. The van der Waals surface area contributed by atoms with E-state index in [1.54, 1.807) is 30.3 Å². The third-order valence-corrected chi connectivity index (χ3v) is 4.92. The first kappa shape index (κ1) is 20.4. The van der Waals surface area contributed by atoms with Crippen molar-refractivity contribution in [3.8, 4) is 11.4 Å². The maximum absolute atomic E-state index is 12.8. The fourth-order valence-electron chi connectivity index (χ4n) is 2.99. The fourth-order valence-corrected chi connectivity index (χ4v) is 3.12. The summed E-state index contributed by atoms with van der Waals surface area (Å²) in [5.41, 5.74) is 3.39. The number of para-hydroxylation sites is 2. The van der Waals surface area contributed by atoms with Crippen molar-refractivity contribution < 1.29 is 4.79 Å². The topological polar surface area (TPSA) is 86.9 Å². The molecule has 154 valence electrons. The molecule has 0 radical (unpaired) electrons. The summed E-state index contributed by atoms with van der Waals surface area (Å²) in [4.78, 5) is 32.2. The summed E-state index contributed by atoms with van der Waals surface area (Å²) in [7, 11) is 0. The smallest absolute Gasteiger partial charge is 0.264 e. The monoisotopic (exact) mass is 430 g/mol. The Morgan fingerprint density at radius 3 is 2.29 bits per heavy atom. The lowest BCUT2D eigenvalue weighted by Crippen LogP contribution is -2.24. The predicted molar refractivity (Wildman–Crippen MR) is 124 cm³/mol. The molecule has 0 fully saturated rings. The van der Waals surface area contributed by atoms with Gasteiger partial charge < -0.3 is 15.6 Å². The number of carbonyl (C=O) groups is 1. The van der Waals surface area contributed by atoms with Gasteiger partial charge in [0.1, 0.15) is 11.4 Å². The van der Waals surface area contributed by atoms with E-state index in [0.717, 1.165) is 11.3 Å². The Morgan fingerprint density at radius 2 is 1.61 bits per heavy atom. The molecule has 0 spiro atoms. The van der Waals surface area contributed by atoms with E-state index in [0.29, 0.717) is 27.8 Å². The molecule has 0 bridgehead atoms. The number of rotatable bonds is 5. The Kier molecular flexibility index (Phi) is 5.82. The molecule has 0 aliphatic carbocycles. The molecule has 1 amide bonds. The molecule has 0 saturated carbocycles. The molecule has 4 aromatic rings. The van der Waals surface area contributed by atoms with Gasteiger partial charge in [-0.3, -0.25) is 9.59 Å². The van der Waals surface area contributed by atoms with Gasteiger partial charge in [-0.05, 0) is 55.5 Å². The number of aromatic amines is 1. The molecule has 7 heteroatoms. The van der Waals surface area contributed by atoms with Gasteiger partial charge in [-0.2, -0.15) is 0 Å². The molecule has 0 unspecified atom stereocenters. The van der Waals surface area contributed by atoms with Crippen molar-refractivity contribution in [1.82, 2.24) is 9.97 Å². The van der Waals surface area contributed by atoms with Gasteiger partial charge in [-0.1, -0.05) is 41.4 Å². The number of hydrogen-bond acceptors (Lipinski definition) is 4. The van der Waals surface area contributed by atoms with Crippen LogP contribution < -0.4 is 16.2 Å². The second-order valence-electron chi connectivity index (χ2n) is 6.97. The lowest BCUT2D eigenvalue weighted by atomic mass is 10.2. The van der Waals surface area contributed by atoms with Crippen molar-refractivity contribution in [2.45, 2.75) is 6.92 Å². The number of benzene rings is 3. The highest BCUT2D eigenvalue weighted by molar-refractivity contribution is 6.30. The zero-order chi connectivity index (χ0) is 21.8. The summed E-state index contributed by atoms with van der Waals surface area (Å²) in [6.07, 6.45) is 1.27. The van der Waals surface area contributed by atoms with Gasteiger partial charge in [-0.25, -0.2) is 4.98 Å². The number of anilines is 3. The number of aryl methyl sites for hydroxylation is 1. The first-order valence-corrected chi connectivity index (χ1v) is 9.97. The molecular formula is C24H19ClN4O2. The van der Waals surface area contributed by atoms with Crippen LogP contribution in [0.25, 0.3) is 11.4 Å². The largest absolute Gasteiger partial charge is 0.354 e. The van der Waals surface area contributed by atoms with Gasteiger partial charge >= 0.3 is 0 Å². The Morgan fingerprint density at radius 1 is 0.935 bits per heavy atom. The Bertz CT molecular complexity index is 1280. The number of nitrogens with one attached hydrogen (secondary N) is 3. The first-order chi connectivity index (χ1) is 15.0.